The third-order valence-electron chi connectivity index (χ3n) is 12.4. The van der Waals surface area contributed by atoms with Gasteiger partial charge in [-0.25, -0.2) is 28.1 Å². The molecule has 1 aromatic rings. The molecule has 0 spiro atoms. The molecule has 3 saturated carbocycles. The van der Waals surface area contributed by atoms with E-state index in [1.54, 1.807) is 6.26 Å². The van der Waals surface area contributed by atoms with E-state index >= 15 is 0 Å². The summed E-state index contributed by atoms with van der Waals surface area (Å²) >= 11 is 0. The summed E-state index contributed by atoms with van der Waals surface area (Å²) in [5.41, 5.74) is -3.60. The lowest BCUT2D eigenvalue weighted by Gasteiger charge is -2.55. The highest BCUT2D eigenvalue weighted by molar-refractivity contribution is 5.03. The van der Waals surface area contributed by atoms with Crippen LogP contribution in [0.4, 0.5) is 0 Å². The Hall–Kier alpha value is -3.72. The van der Waals surface area contributed by atoms with Crippen LogP contribution in [0.2, 0.25) is 0 Å². The molecule has 3 aliphatic carbocycles. The topological polar surface area (TPSA) is 165 Å². The highest BCUT2D eigenvalue weighted by Gasteiger charge is 2.52. The second kappa shape index (κ2) is 13.4. The summed E-state index contributed by atoms with van der Waals surface area (Å²) in [6, 6.07) is 0. The molecule has 12 nitrogen and oxygen atoms in total. The van der Waals surface area contributed by atoms with Crippen LogP contribution >= 0.6 is 0 Å². The van der Waals surface area contributed by atoms with Crippen molar-refractivity contribution in [2.24, 2.45) is 50.2 Å². The van der Waals surface area contributed by atoms with Gasteiger partial charge in [-0.05, 0) is 114 Å². The van der Waals surface area contributed by atoms with Crippen molar-refractivity contribution < 1.29 is 14.2 Å². The Morgan fingerprint density at radius 3 is 1.36 bits per heavy atom. The number of fused-ring (bicyclic) bond motifs is 6. The Morgan fingerprint density at radius 2 is 0.940 bits per heavy atom. The van der Waals surface area contributed by atoms with Crippen LogP contribution in [-0.2, 0) is 33.8 Å². The fourth-order valence-corrected chi connectivity index (χ4v) is 12.8. The Bertz CT molecular complexity index is 1650. The van der Waals surface area contributed by atoms with Crippen molar-refractivity contribution in [3.63, 3.8) is 0 Å². The number of hydrogen-bond donors (Lipinski definition) is 0. The van der Waals surface area contributed by atoms with Crippen molar-refractivity contribution >= 4 is 0 Å². The van der Waals surface area contributed by atoms with Crippen molar-refractivity contribution in [2.45, 2.75) is 132 Å². The normalized spacial score (nSPS) is 37.8. The van der Waals surface area contributed by atoms with Gasteiger partial charge in [0.1, 0.15) is 19.8 Å². The van der Waals surface area contributed by atoms with Gasteiger partial charge in [0.2, 0.25) is 0 Å². The molecule has 274 valence electrons. The Kier molecular flexibility index (Phi) is 10.1. The maximum atomic E-state index is 14.6. The zero-order valence-electron chi connectivity index (χ0n) is 31.2. The van der Waals surface area contributed by atoms with Gasteiger partial charge < -0.3 is 14.2 Å². The van der Waals surface area contributed by atoms with E-state index in [9.17, 15) is 24.9 Å². The first-order valence-electron chi connectivity index (χ1n) is 18.2. The predicted molar refractivity (Wildman–Crippen MR) is 185 cm³/mol. The van der Waals surface area contributed by atoms with Crippen LogP contribution in [0.1, 0.15) is 113 Å². The van der Waals surface area contributed by atoms with Gasteiger partial charge in [0, 0.05) is 19.6 Å². The molecule has 12 heteroatoms. The van der Waals surface area contributed by atoms with E-state index < -0.39 is 33.3 Å². The summed E-state index contributed by atoms with van der Waals surface area (Å²) in [5.74, 6) is 0.192. The largest absolute Gasteiger partial charge is 0.427 e. The van der Waals surface area contributed by atoms with Crippen LogP contribution in [0.3, 0.4) is 0 Å². The molecule has 1 aromatic heterocycles. The van der Waals surface area contributed by atoms with Crippen molar-refractivity contribution in [3.05, 3.63) is 31.5 Å². The number of aromatic nitrogens is 3. The fourth-order valence-electron chi connectivity index (χ4n) is 12.8. The first kappa shape index (κ1) is 37.5. The van der Waals surface area contributed by atoms with Gasteiger partial charge in [-0.3, -0.25) is 0 Å². The second-order valence-corrected chi connectivity index (χ2v) is 19.6. The lowest BCUT2D eigenvalue weighted by atomic mass is 9.51. The quantitative estimate of drug-likeness (QED) is 0.319. The van der Waals surface area contributed by atoms with Gasteiger partial charge in [-0.1, -0.05) is 48.5 Å². The average molecular weight is 693 g/mol. The predicted octanol–water partition coefficient (Wildman–Crippen LogP) is 5.53. The minimum absolute atomic E-state index is 0.0532. The van der Waals surface area contributed by atoms with Gasteiger partial charge in [0.15, 0.2) is 0 Å². The second-order valence-electron chi connectivity index (χ2n) is 19.6. The summed E-state index contributed by atoms with van der Waals surface area (Å²) in [7, 11) is 0. The van der Waals surface area contributed by atoms with Crippen LogP contribution in [0.15, 0.2) is 14.4 Å². The van der Waals surface area contributed by atoms with E-state index in [-0.39, 0.29) is 73.5 Å². The molecule has 4 aliphatic rings. The maximum Gasteiger partial charge on any atom is 0.336 e. The van der Waals surface area contributed by atoms with E-state index in [0.717, 1.165) is 44.9 Å². The minimum atomic E-state index is -0.583. The van der Waals surface area contributed by atoms with Gasteiger partial charge in [0.05, 0.1) is 0 Å². The van der Waals surface area contributed by atoms with Crippen LogP contribution in [0, 0.1) is 84.8 Å². The van der Waals surface area contributed by atoms with Gasteiger partial charge in [-0.2, -0.15) is 15.8 Å². The first-order chi connectivity index (χ1) is 23.3. The number of ether oxygens (including phenoxy) is 3. The lowest BCUT2D eigenvalue weighted by Crippen LogP contribution is -2.60. The molecule has 50 heavy (non-hydrogen) atoms. The van der Waals surface area contributed by atoms with Crippen LogP contribution in [0.25, 0.3) is 0 Å². The van der Waals surface area contributed by atoms with Gasteiger partial charge in [-0.15, -0.1) is 0 Å². The van der Waals surface area contributed by atoms with Gasteiger partial charge >= 0.3 is 17.1 Å². The van der Waals surface area contributed by atoms with E-state index in [1.165, 1.54) is 13.7 Å². The fraction of sp³-hybridized carbons (Fsp3) is 0.842. The molecule has 1 aliphatic heterocycles. The van der Waals surface area contributed by atoms with Crippen molar-refractivity contribution in [2.75, 3.05) is 19.8 Å². The summed E-state index contributed by atoms with van der Waals surface area (Å²) in [6.45, 7) is 16.6. The van der Waals surface area contributed by atoms with Crippen LogP contribution in [0.5, 0.6) is 0 Å². The van der Waals surface area contributed by atoms with Crippen molar-refractivity contribution in [1.29, 1.82) is 15.8 Å². The minimum Gasteiger partial charge on any atom is -0.427 e. The molecule has 0 N–H and O–H groups in total. The molecule has 5 rings (SSSR count). The summed E-state index contributed by atoms with van der Waals surface area (Å²) in [4.78, 5) is 43.6. The first-order valence-corrected chi connectivity index (χ1v) is 18.2. The van der Waals surface area contributed by atoms with E-state index in [4.69, 9.17) is 19.5 Å². The SMILES string of the molecule is CC1(C)CC(COC#N)CC(C)(Cn2c(=O)n3c(=O)n(c2=O)CC2(C)CC(COC#N)CC(C)(C2)CC2(C)CC(COC#N)CC(C)(C3)C2)C1. The maximum absolute atomic E-state index is 14.6. The summed E-state index contributed by atoms with van der Waals surface area (Å²) < 4.78 is 19.7. The molecule has 8 unspecified atom stereocenters. The van der Waals surface area contributed by atoms with E-state index in [2.05, 4.69) is 48.5 Å². The Labute approximate surface area is 295 Å². The van der Waals surface area contributed by atoms with Crippen molar-refractivity contribution in [1.82, 2.24) is 13.7 Å². The number of rotatable bonds is 8. The molecular weight excluding hydrogens is 636 g/mol. The Balaban J connectivity index is 1.68. The summed E-state index contributed by atoms with van der Waals surface area (Å²) in [6.07, 6.45) is 13.3. The monoisotopic (exact) mass is 692 g/mol. The van der Waals surface area contributed by atoms with E-state index in [0.29, 0.717) is 19.3 Å². The molecular formula is C38H56N6O6. The molecule has 0 radical (unpaired) electrons. The smallest absolute Gasteiger partial charge is 0.336 e. The highest BCUT2D eigenvalue weighted by atomic mass is 16.5. The van der Waals surface area contributed by atoms with Crippen molar-refractivity contribution in [3.8, 4) is 18.8 Å². The molecule has 6 bridgehead atoms. The molecule has 0 saturated heterocycles. The third-order valence-corrected chi connectivity index (χ3v) is 12.4. The molecule has 0 amide bonds. The van der Waals surface area contributed by atoms with Crippen LogP contribution < -0.4 is 17.1 Å². The molecule has 8 atom stereocenters. The molecule has 2 heterocycles. The van der Waals surface area contributed by atoms with Gasteiger partial charge in [0.25, 0.3) is 18.8 Å². The highest BCUT2D eigenvalue weighted by Crippen LogP contribution is 2.59. The number of nitrogens with zero attached hydrogens (tertiary/aromatic N) is 6. The zero-order chi connectivity index (χ0) is 36.8. The van der Waals surface area contributed by atoms with Crippen LogP contribution in [-0.4, -0.2) is 33.5 Å². The third kappa shape index (κ3) is 8.09. The molecule has 3 fully saturated rings. The zero-order valence-corrected chi connectivity index (χ0v) is 31.2. The molecule has 0 aromatic carbocycles. The number of nitriles is 3. The van der Waals surface area contributed by atoms with E-state index in [1.807, 2.05) is 12.5 Å². The average Bonchev–Trinajstić information content (AvgIpc) is 2.98. The number of hydrogen-bond acceptors (Lipinski definition) is 9. The Morgan fingerprint density at radius 1 is 0.560 bits per heavy atom. The lowest BCUT2D eigenvalue weighted by molar-refractivity contribution is -0.0620. The standard InChI is InChI=1S/C38H56N6O6/c1-33(2)8-27(14-48-24-39)11-36(5,17-33)21-42-30(45)43-22-37(6)12-28(15-49-25-40)9-34(3,19-37)18-35(4)10-29(16-50-26-41)13-38(7,20-35)23-44(31(42)46)32(43)47/h27-29H,8-23H2,1-7H3. The summed E-state index contributed by atoms with van der Waals surface area (Å²) in [5, 5.41) is 27.7.